The van der Waals surface area contributed by atoms with E-state index in [9.17, 15) is 8.78 Å². The molecule has 2 aromatic rings. The molecule has 0 atom stereocenters. The molecule has 0 saturated carbocycles. The fourth-order valence-electron chi connectivity index (χ4n) is 1.70. The maximum Gasteiger partial charge on any atom is 0.152 e. The van der Waals surface area contributed by atoms with E-state index in [2.05, 4.69) is 5.43 Å². The van der Waals surface area contributed by atoms with Crippen LogP contribution in [0.2, 0.25) is 0 Å². The molecule has 3 nitrogen and oxygen atoms in total. The van der Waals surface area contributed by atoms with Crippen molar-refractivity contribution in [2.75, 3.05) is 5.43 Å². The number of rotatable bonds is 2. The lowest BCUT2D eigenvalue weighted by Gasteiger charge is -2.14. The molecule has 18 heavy (non-hydrogen) atoms. The van der Waals surface area contributed by atoms with Crippen LogP contribution >= 0.6 is 0 Å². The molecule has 0 spiro atoms. The zero-order valence-electron chi connectivity index (χ0n) is 9.96. The summed E-state index contributed by atoms with van der Waals surface area (Å²) in [5.74, 6) is -1.59. The Morgan fingerprint density at radius 1 is 1.11 bits per heavy atom. The molecule has 0 radical (unpaired) electrons. The van der Waals surface area contributed by atoms with Gasteiger partial charge in [0, 0.05) is 11.4 Å². The van der Waals surface area contributed by atoms with Crippen LogP contribution < -0.4 is 5.43 Å². The number of benzene rings is 1. The van der Waals surface area contributed by atoms with E-state index in [1.165, 1.54) is 0 Å². The summed E-state index contributed by atoms with van der Waals surface area (Å²) in [5, 5.41) is 8.61. The average molecular weight is 247 g/mol. The van der Waals surface area contributed by atoms with E-state index in [1.54, 1.807) is 10.7 Å². The highest BCUT2D eigenvalue weighted by Gasteiger charge is 2.12. The second kappa shape index (κ2) is 4.49. The summed E-state index contributed by atoms with van der Waals surface area (Å²) < 4.78 is 28.9. The molecule has 1 N–H and O–H groups in total. The summed E-state index contributed by atoms with van der Waals surface area (Å²) in [6.45, 7) is 3.64. The van der Waals surface area contributed by atoms with Crippen LogP contribution in [0.5, 0.6) is 0 Å². The summed E-state index contributed by atoms with van der Waals surface area (Å²) in [5.41, 5.74) is 4.01. The normalized spacial score (nSPS) is 10.2. The van der Waals surface area contributed by atoms with Gasteiger partial charge in [0.25, 0.3) is 0 Å². The Morgan fingerprint density at radius 2 is 1.61 bits per heavy atom. The molecule has 0 aliphatic carbocycles. The Hall–Kier alpha value is -2.35. The van der Waals surface area contributed by atoms with Crippen molar-refractivity contribution in [1.29, 1.82) is 5.26 Å². The largest absolute Gasteiger partial charge is 0.289 e. The topological polar surface area (TPSA) is 40.8 Å². The Labute approximate surface area is 103 Å². The van der Waals surface area contributed by atoms with Gasteiger partial charge in [-0.1, -0.05) is 0 Å². The standard InChI is InChI=1S/C13H11F2N3/c1-8-3-4-9(2)18(8)17-13-11(14)5-10(7-16)6-12(13)15/h3-6,17H,1-2H3. The average Bonchev–Trinajstić information content (AvgIpc) is 2.64. The summed E-state index contributed by atoms with van der Waals surface area (Å²) in [6, 6.07) is 7.37. The van der Waals surface area contributed by atoms with Crippen LogP contribution in [-0.4, -0.2) is 4.68 Å². The zero-order valence-corrected chi connectivity index (χ0v) is 9.96. The summed E-state index contributed by atoms with van der Waals surface area (Å²) in [6.07, 6.45) is 0. The third-order valence-corrected chi connectivity index (χ3v) is 2.67. The van der Waals surface area contributed by atoms with Gasteiger partial charge in [-0.15, -0.1) is 0 Å². The van der Waals surface area contributed by atoms with Crippen LogP contribution in [0.15, 0.2) is 24.3 Å². The highest BCUT2D eigenvalue weighted by atomic mass is 19.1. The molecule has 5 heteroatoms. The van der Waals surface area contributed by atoms with Crippen LogP contribution in [0.4, 0.5) is 14.5 Å². The van der Waals surface area contributed by atoms with Crippen molar-refractivity contribution >= 4 is 5.69 Å². The molecule has 92 valence electrons. The van der Waals surface area contributed by atoms with Crippen LogP contribution in [0.3, 0.4) is 0 Å². The van der Waals surface area contributed by atoms with Crippen LogP contribution in [-0.2, 0) is 0 Å². The van der Waals surface area contributed by atoms with Crippen molar-refractivity contribution in [2.45, 2.75) is 13.8 Å². The number of aromatic nitrogens is 1. The Morgan fingerprint density at radius 3 is 2.06 bits per heavy atom. The van der Waals surface area contributed by atoms with Gasteiger partial charge in [-0.2, -0.15) is 5.26 Å². The number of nitrogens with one attached hydrogen (secondary N) is 1. The van der Waals surface area contributed by atoms with Gasteiger partial charge in [0.1, 0.15) is 5.69 Å². The van der Waals surface area contributed by atoms with Crippen molar-refractivity contribution in [3.05, 3.63) is 52.9 Å². The Balaban J connectivity index is 2.45. The van der Waals surface area contributed by atoms with Gasteiger partial charge in [-0.05, 0) is 38.1 Å². The molecule has 0 fully saturated rings. The van der Waals surface area contributed by atoms with Gasteiger partial charge in [0.15, 0.2) is 11.6 Å². The molecule has 0 aliphatic rings. The Kier molecular flexibility index (Phi) is 3.02. The number of anilines is 1. The van der Waals surface area contributed by atoms with Gasteiger partial charge in [0.2, 0.25) is 0 Å². The lowest BCUT2D eigenvalue weighted by Crippen LogP contribution is -2.14. The SMILES string of the molecule is Cc1ccc(C)n1Nc1c(F)cc(C#N)cc1F. The lowest BCUT2D eigenvalue weighted by molar-refractivity contribution is 0.583. The van der Waals surface area contributed by atoms with E-state index >= 15 is 0 Å². The summed E-state index contributed by atoms with van der Waals surface area (Å²) in [7, 11) is 0. The molecular formula is C13H11F2N3. The maximum absolute atomic E-state index is 13.7. The summed E-state index contributed by atoms with van der Waals surface area (Å²) >= 11 is 0. The number of nitriles is 1. The van der Waals surface area contributed by atoms with Crippen molar-refractivity contribution in [3.63, 3.8) is 0 Å². The quantitative estimate of drug-likeness (QED) is 0.885. The minimum absolute atomic E-state index is 0.0449. The van der Waals surface area contributed by atoms with Gasteiger partial charge in [0.05, 0.1) is 11.6 Å². The Bertz CT molecular complexity index is 596. The van der Waals surface area contributed by atoms with E-state index in [4.69, 9.17) is 5.26 Å². The first kappa shape index (κ1) is 12.1. The first-order valence-corrected chi connectivity index (χ1v) is 5.34. The maximum atomic E-state index is 13.7. The third-order valence-electron chi connectivity index (χ3n) is 2.67. The number of nitrogens with zero attached hydrogens (tertiary/aromatic N) is 2. The van der Waals surface area contributed by atoms with Crippen molar-refractivity contribution < 1.29 is 8.78 Å². The van der Waals surface area contributed by atoms with Crippen LogP contribution in [0.1, 0.15) is 17.0 Å². The van der Waals surface area contributed by atoms with E-state index < -0.39 is 11.6 Å². The monoisotopic (exact) mass is 247 g/mol. The minimum Gasteiger partial charge on any atom is -0.289 e. The van der Waals surface area contributed by atoms with Crippen molar-refractivity contribution in [2.24, 2.45) is 0 Å². The molecule has 0 bridgehead atoms. The number of hydrogen-bond acceptors (Lipinski definition) is 2. The van der Waals surface area contributed by atoms with E-state index in [0.717, 1.165) is 23.5 Å². The van der Waals surface area contributed by atoms with Gasteiger partial charge < -0.3 is 0 Å². The second-order valence-electron chi connectivity index (χ2n) is 3.99. The van der Waals surface area contributed by atoms with Gasteiger partial charge in [-0.25, -0.2) is 8.78 Å². The van der Waals surface area contributed by atoms with Gasteiger partial charge >= 0.3 is 0 Å². The first-order chi connectivity index (χ1) is 8.52. The number of aryl methyl sites for hydroxylation is 2. The number of hydrogen-bond donors (Lipinski definition) is 1. The molecule has 1 heterocycles. The predicted octanol–water partition coefficient (Wildman–Crippen LogP) is 3.13. The molecule has 0 amide bonds. The number of halogens is 2. The molecule has 1 aromatic carbocycles. The fraction of sp³-hybridized carbons (Fsp3) is 0.154. The molecule has 0 unspecified atom stereocenters. The highest BCUT2D eigenvalue weighted by molar-refractivity contribution is 5.50. The van der Waals surface area contributed by atoms with Gasteiger partial charge in [-0.3, -0.25) is 10.1 Å². The van der Waals surface area contributed by atoms with Crippen molar-refractivity contribution in [3.8, 4) is 6.07 Å². The molecular weight excluding hydrogens is 236 g/mol. The zero-order chi connectivity index (χ0) is 13.3. The second-order valence-corrected chi connectivity index (χ2v) is 3.99. The molecule has 2 rings (SSSR count). The highest BCUT2D eigenvalue weighted by Crippen LogP contribution is 2.21. The first-order valence-electron chi connectivity index (χ1n) is 5.34. The predicted molar refractivity (Wildman–Crippen MR) is 64.0 cm³/mol. The van der Waals surface area contributed by atoms with E-state index in [-0.39, 0.29) is 11.3 Å². The van der Waals surface area contributed by atoms with Crippen LogP contribution in [0.25, 0.3) is 0 Å². The third kappa shape index (κ3) is 2.05. The lowest BCUT2D eigenvalue weighted by atomic mass is 10.2. The molecule has 0 aliphatic heterocycles. The van der Waals surface area contributed by atoms with Crippen molar-refractivity contribution in [1.82, 2.24) is 4.68 Å². The van der Waals surface area contributed by atoms with E-state index in [0.29, 0.717) is 0 Å². The minimum atomic E-state index is -0.793. The van der Waals surface area contributed by atoms with Crippen LogP contribution in [0, 0.1) is 36.8 Å². The smallest absolute Gasteiger partial charge is 0.152 e. The molecule has 0 saturated heterocycles. The summed E-state index contributed by atoms with van der Waals surface area (Å²) in [4.78, 5) is 0. The molecule has 1 aromatic heterocycles. The fourth-order valence-corrected chi connectivity index (χ4v) is 1.70. The van der Waals surface area contributed by atoms with E-state index in [1.807, 2.05) is 26.0 Å².